The van der Waals surface area contributed by atoms with Crippen molar-refractivity contribution in [1.82, 2.24) is 20.3 Å². The van der Waals surface area contributed by atoms with Crippen LogP contribution in [-0.4, -0.2) is 39.3 Å². The molecule has 0 fully saturated rings. The van der Waals surface area contributed by atoms with Crippen LogP contribution in [0.1, 0.15) is 17.0 Å². The van der Waals surface area contributed by atoms with Crippen LogP contribution < -0.4 is 10.1 Å². The molecule has 6 nitrogen and oxygen atoms in total. The van der Waals surface area contributed by atoms with Crippen LogP contribution in [0.25, 0.3) is 11.2 Å². The number of aliphatic hydroxyl groups excluding tert-OH is 1. The molecule has 3 aromatic rings. The number of ether oxygens (including phenoxy) is 1. The Bertz CT molecular complexity index is 849. The number of methoxy groups -OCH3 is 1. The predicted octanol–water partition coefficient (Wildman–Crippen LogP) is 1.59. The molecule has 1 aliphatic rings. The van der Waals surface area contributed by atoms with Crippen LogP contribution in [0.5, 0.6) is 5.88 Å². The summed E-state index contributed by atoms with van der Waals surface area (Å²) in [4.78, 5) is 12.1. The summed E-state index contributed by atoms with van der Waals surface area (Å²) < 4.78 is 5.13. The normalized spacial score (nSPS) is 15.6. The topological polar surface area (TPSA) is 83.1 Å². The van der Waals surface area contributed by atoms with Crippen molar-refractivity contribution in [3.63, 3.8) is 0 Å². The van der Waals surface area contributed by atoms with Crippen molar-refractivity contribution in [2.24, 2.45) is 0 Å². The van der Waals surface area contributed by atoms with Gasteiger partial charge in [0.2, 0.25) is 5.88 Å². The third-order valence-electron chi connectivity index (χ3n) is 4.69. The van der Waals surface area contributed by atoms with E-state index < -0.39 is 0 Å². The zero-order valence-corrected chi connectivity index (χ0v) is 13.5. The van der Waals surface area contributed by atoms with Crippen LogP contribution in [0, 0.1) is 0 Å². The number of fused-ring (bicyclic) bond motifs is 2. The van der Waals surface area contributed by atoms with Gasteiger partial charge >= 0.3 is 0 Å². The third-order valence-corrected chi connectivity index (χ3v) is 4.69. The van der Waals surface area contributed by atoms with Gasteiger partial charge in [-0.05, 0) is 30.0 Å². The Labute approximate surface area is 139 Å². The Morgan fingerprint density at radius 3 is 2.58 bits per heavy atom. The molecule has 124 valence electrons. The van der Waals surface area contributed by atoms with Crippen LogP contribution in [-0.2, 0) is 19.4 Å². The molecule has 2 aromatic heterocycles. The summed E-state index contributed by atoms with van der Waals surface area (Å²) in [5, 5.41) is 13.4. The Morgan fingerprint density at radius 1 is 1.17 bits per heavy atom. The fourth-order valence-corrected chi connectivity index (χ4v) is 3.38. The molecule has 0 saturated heterocycles. The Kier molecular flexibility index (Phi) is 3.70. The first-order valence-corrected chi connectivity index (χ1v) is 8.04. The van der Waals surface area contributed by atoms with Gasteiger partial charge in [-0.1, -0.05) is 24.3 Å². The van der Waals surface area contributed by atoms with E-state index in [1.165, 1.54) is 11.1 Å². The van der Waals surface area contributed by atoms with Crippen molar-refractivity contribution < 1.29 is 9.84 Å². The number of imidazole rings is 1. The largest absolute Gasteiger partial charge is 0.481 e. The highest BCUT2D eigenvalue weighted by Crippen LogP contribution is 2.30. The van der Waals surface area contributed by atoms with Gasteiger partial charge in [0.05, 0.1) is 25.8 Å². The first-order valence-electron chi connectivity index (χ1n) is 8.04. The van der Waals surface area contributed by atoms with Gasteiger partial charge in [0, 0.05) is 11.6 Å². The lowest BCUT2D eigenvalue weighted by atomic mass is 9.97. The van der Waals surface area contributed by atoms with E-state index >= 15 is 0 Å². The molecule has 2 heterocycles. The SMILES string of the molecule is COc1ccc2[nH]c(CNC3(CO)Cc4ccccc4C3)nc2n1. The van der Waals surface area contributed by atoms with E-state index in [0.717, 1.165) is 24.2 Å². The van der Waals surface area contributed by atoms with Gasteiger partial charge in [-0.15, -0.1) is 0 Å². The van der Waals surface area contributed by atoms with E-state index in [1.54, 1.807) is 13.2 Å². The second kappa shape index (κ2) is 5.89. The molecule has 3 N–H and O–H groups in total. The molecule has 0 saturated carbocycles. The summed E-state index contributed by atoms with van der Waals surface area (Å²) >= 11 is 0. The summed E-state index contributed by atoms with van der Waals surface area (Å²) in [6, 6.07) is 12.1. The fourth-order valence-electron chi connectivity index (χ4n) is 3.38. The molecule has 0 radical (unpaired) electrons. The first kappa shape index (κ1) is 15.1. The average Bonchev–Trinajstić information content (AvgIpc) is 3.20. The number of benzene rings is 1. The molecule has 24 heavy (non-hydrogen) atoms. The average molecular weight is 324 g/mol. The van der Waals surface area contributed by atoms with Crippen LogP contribution in [0.2, 0.25) is 0 Å². The zero-order valence-electron chi connectivity index (χ0n) is 13.5. The van der Waals surface area contributed by atoms with E-state index in [2.05, 4.69) is 32.4 Å². The maximum Gasteiger partial charge on any atom is 0.215 e. The van der Waals surface area contributed by atoms with Gasteiger partial charge < -0.3 is 20.1 Å². The van der Waals surface area contributed by atoms with Crippen molar-refractivity contribution in [3.8, 4) is 5.88 Å². The zero-order chi connectivity index (χ0) is 16.6. The maximum atomic E-state index is 9.95. The summed E-state index contributed by atoms with van der Waals surface area (Å²) in [5.41, 5.74) is 3.79. The lowest BCUT2D eigenvalue weighted by Gasteiger charge is -2.27. The standard InChI is InChI=1S/C18H20N4O2/c1-24-16-7-6-14-17(22-16)21-15(20-14)10-19-18(11-23)8-12-4-2-3-5-13(12)9-18/h2-7,19,23H,8-11H2,1H3,(H,20,21,22). The molecule has 0 unspecified atom stereocenters. The lowest BCUT2D eigenvalue weighted by molar-refractivity contribution is 0.165. The number of H-pyrrole nitrogens is 1. The van der Waals surface area contributed by atoms with E-state index in [1.807, 2.05) is 18.2 Å². The van der Waals surface area contributed by atoms with E-state index in [4.69, 9.17) is 4.74 Å². The van der Waals surface area contributed by atoms with E-state index in [0.29, 0.717) is 18.1 Å². The highest BCUT2D eigenvalue weighted by Gasteiger charge is 2.36. The van der Waals surface area contributed by atoms with Gasteiger partial charge in [-0.25, -0.2) is 4.98 Å². The second-order valence-corrected chi connectivity index (χ2v) is 6.32. The van der Waals surface area contributed by atoms with Crippen LogP contribution >= 0.6 is 0 Å². The van der Waals surface area contributed by atoms with Crippen molar-refractivity contribution in [1.29, 1.82) is 0 Å². The van der Waals surface area contributed by atoms with Crippen LogP contribution in [0.15, 0.2) is 36.4 Å². The maximum absolute atomic E-state index is 9.95. The summed E-state index contributed by atoms with van der Waals surface area (Å²) in [7, 11) is 1.59. The highest BCUT2D eigenvalue weighted by molar-refractivity contribution is 5.71. The van der Waals surface area contributed by atoms with Gasteiger partial charge in [0.1, 0.15) is 5.82 Å². The number of hydrogen-bond donors (Lipinski definition) is 3. The van der Waals surface area contributed by atoms with Crippen molar-refractivity contribution in [3.05, 3.63) is 53.3 Å². The van der Waals surface area contributed by atoms with Gasteiger partial charge in [0.15, 0.2) is 5.65 Å². The quantitative estimate of drug-likeness (QED) is 0.664. The van der Waals surface area contributed by atoms with Crippen molar-refractivity contribution >= 4 is 11.2 Å². The molecule has 1 aromatic carbocycles. The molecular weight excluding hydrogens is 304 g/mol. The Hall–Kier alpha value is -2.44. The molecule has 0 bridgehead atoms. The molecule has 0 amide bonds. The summed E-state index contributed by atoms with van der Waals surface area (Å²) in [6.07, 6.45) is 1.65. The molecule has 0 aliphatic heterocycles. The lowest BCUT2D eigenvalue weighted by Crippen LogP contribution is -2.49. The van der Waals surface area contributed by atoms with Crippen LogP contribution in [0.4, 0.5) is 0 Å². The summed E-state index contributed by atoms with van der Waals surface area (Å²) in [5.74, 6) is 1.35. The minimum Gasteiger partial charge on any atom is -0.481 e. The monoisotopic (exact) mass is 324 g/mol. The summed E-state index contributed by atoms with van der Waals surface area (Å²) in [6.45, 7) is 0.640. The second-order valence-electron chi connectivity index (χ2n) is 6.32. The third kappa shape index (κ3) is 2.64. The molecule has 6 heteroatoms. The number of nitrogens with zero attached hydrogens (tertiary/aromatic N) is 2. The van der Waals surface area contributed by atoms with E-state index in [-0.39, 0.29) is 12.1 Å². The van der Waals surface area contributed by atoms with Crippen LogP contribution in [0.3, 0.4) is 0 Å². The number of rotatable bonds is 5. The molecular formula is C18H20N4O2. The molecule has 0 spiro atoms. The molecule has 0 atom stereocenters. The highest BCUT2D eigenvalue weighted by atomic mass is 16.5. The van der Waals surface area contributed by atoms with Crippen molar-refractivity contribution in [2.75, 3.05) is 13.7 Å². The van der Waals surface area contributed by atoms with E-state index in [9.17, 15) is 5.11 Å². The first-order chi connectivity index (χ1) is 11.7. The number of aromatic amines is 1. The molecule has 4 rings (SSSR count). The fraction of sp³-hybridized carbons (Fsp3) is 0.333. The van der Waals surface area contributed by atoms with Gasteiger partial charge in [0.25, 0.3) is 0 Å². The van der Waals surface area contributed by atoms with Gasteiger partial charge in [-0.2, -0.15) is 4.98 Å². The smallest absolute Gasteiger partial charge is 0.215 e. The number of aliphatic hydroxyl groups is 1. The predicted molar refractivity (Wildman–Crippen MR) is 90.9 cm³/mol. The number of pyridine rings is 1. The molecule has 1 aliphatic carbocycles. The Morgan fingerprint density at radius 2 is 1.92 bits per heavy atom. The Balaban J connectivity index is 1.52. The van der Waals surface area contributed by atoms with Gasteiger partial charge in [-0.3, -0.25) is 0 Å². The minimum atomic E-state index is -0.326. The number of nitrogens with one attached hydrogen (secondary N) is 2. The number of hydrogen-bond acceptors (Lipinski definition) is 5. The minimum absolute atomic E-state index is 0.0913. The van der Waals surface area contributed by atoms with Crippen molar-refractivity contribution in [2.45, 2.75) is 24.9 Å². The number of aromatic nitrogens is 3.